The van der Waals surface area contributed by atoms with Gasteiger partial charge in [0.25, 0.3) is 0 Å². The summed E-state index contributed by atoms with van der Waals surface area (Å²) in [6.07, 6.45) is 5.78. The number of anilines is 1. The van der Waals surface area contributed by atoms with E-state index in [4.69, 9.17) is 4.74 Å². The van der Waals surface area contributed by atoms with Gasteiger partial charge in [-0.05, 0) is 57.7 Å². The Morgan fingerprint density at radius 3 is 2.74 bits per heavy atom. The Labute approximate surface area is 161 Å². The van der Waals surface area contributed by atoms with Crippen molar-refractivity contribution >= 4 is 5.69 Å². The van der Waals surface area contributed by atoms with Crippen molar-refractivity contribution in [1.82, 2.24) is 15.0 Å². The Kier molecular flexibility index (Phi) is 4.95. The van der Waals surface area contributed by atoms with E-state index in [1.54, 1.807) is 0 Å². The number of ether oxygens (including phenoxy) is 1. The Bertz CT molecular complexity index is 784. The fourth-order valence-corrected chi connectivity index (χ4v) is 3.94. The summed E-state index contributed by atoms with van der Waals surface area (Å²) in [5, 5.41) is 18.8. The van der Waals surface area contributed by atoms with Gasteiger partial charge in [-0.25, -0.2) is 4.68 Å². The maximum Gasteiger partial charge on any atom is 0.113 e. The molecule has 0 spiro atoms. The SMILES string of the molecule is Cc1cc(N2CC(C(C)(C)O)C2)ccc1-c1cn(CC2CCCCO2)nn1. The lowest BCUT2D eigenvalue weighted by molar-refractivity contribution is 0.00364. The summed E-state index contributed by atoms with van der Waals surface area (Å²) in [6.45, 7) is 9.35. The predicted octanol–water partition coefficient (Wildman–Crippen LogP) is 3.03. The van der Waals surface area contributed by atoms with Crippen LogP contribution in [0.3, 0.4) is 0 Å². The molecule has 2 saturated heterocycles. The molecule has 0 aliphatic carbocycles. The standard InChI is InChI=1S/C21H30N4O2/c1-15-10-17(24-11-16(12-24)21(2,3)26)7-8-19(15)20-14-25(23-22-20)13-18-6-4-5-9-27-18/h7-8,10,14,16,18,26H,4-6,9,11-13H2,1-3H3. The van der Waals surface area contributed by atoms with Crippen LogP contribution in [0.2, 0.25) is 0 Å². The van der Waals surface area contributed by atoms with Crippen LogP contribution in [0.25, 0.3) is 11.3 Å². The van der Waals surface area contributed by atoms with E-state index < -0.39 is 5.60 Å². The lowest BCUT2D eigenvalue weighted by atomic mass is 9.84. The van der Waals surface area contributed by atoms with Gasteiger partial charge in [0.05, 0.1) is 24.4 Å². The minimum Gasteiger partial charge on any atom is -0.390 e. The van der Waals surface area contributed by atoms with Crippen LogP contribution in [-0.2, 0) is 11.3 Å². The molecule has 4 rings (SSSR count). The number of benzene rings is 1. The fraction of sp³-hybridized carbons (Fsp3) is 0.619. The van der Waals surface area contributed by atoms with Crippen molar-refractivity contribution in [1.29, 1.82) is 0 Å². The fourth-order valence-electron chi connectivity index (χ4n) is 3.94. The number of aromatic nitrogens is 3. The Hall–Kier alpha value is -1.92. The van der Waals surface area contributed by atoms with Crippen LogP contribution in [0.4, 0.5) is 5.69 Å². The van der Waals surface area contributed by atoms with Gasteiger partial charge in [0, 0.05) is 36.9 Å². The lowest BCUT2D eigenvalue weighted by Crippen LogP contribution is -2.55. The Morgan fingerprint density at radius 2 is 2.07 bits per heavy atom. The molecule has 1 aromatic heterocycles. The smallest absolute Gasteiger partial charge is 0.113 e. The zero-order chi connectivity index (χ0) is 19.0. The highest BCUT2D eigenvalue weighted by Crippen LogP contribution is 2.33. The van der Waals surface area contributed by atoms with Gasteiger partial charge in [-0.1, -0.05) is 11.3 Å². The monoisotopic (exact) mass is 370 g/mol. The van der Waals surface area contributed by atoms with Gasteiger partial charge in [-0.3, -0.25) is 0 Å². The summed E-state index contributed by atoms with van der Waals surface area (Å²) in [7, 11) is 0. The molecule has 2 aliphatic heterocycles. The van der Waals surface area contributed by atoms with E-state index in [0.717, 1.165) is 50.3 Å². The summed E-state index contributed by atoms with van der Waals surface area (Å²) in [5.41, 5.74) is 3.83. The van der Waals surface area contributed by atoms with Crippen molar-refractivity contribution in [3.63, 3.8) is 0 Å². The van der Waals surface area contributed by atoms with E-state index in [1.165, 1.54) is 17.7 Å². The van der Waals surface area contributed by atoms with Crippen molar-refractivity contribution in [2.45, 2.75) is 58.3 Å². The van der Waals surface area contributed by atoms with Crippen LogP contribution in [-0.4, -0.2) is 51.5 Å². The second kappa shape index (κ2) is 7.24. The molecule has 0 saturated carbocycles. The van der Waals surface area contributed by atoms with Gasteiger partial charge in [-0.2, -0.15) is 0 Å². The number of hydrogen-bond acceptors (Lipinski definition) is 5. The van der Waals surface area contributed by atoms with E-state index in [2.05, 4.69) is 40.3 Å². The number of aliphatic hydroxyl groups is 1. The third-order valence-electron chi connectivity index (χ3n) is 5.94. The Morgan fingerprint density at radius 1 is 1.26 bits per heavy atom. The van der Waals surface area contributed by atoms with Gasteiger partial charge >= 0.3 is 0 Å². The lowest BCUT2D eigenvalue weighted by Gasteiger charge is -2.46. The van der Waals surface area contributed by atoms with Crippen LogP contribution in [0, 0.1) is 12.8 Å². The topological polar surface area (TPSA) is 63.4 Å². The molecular formula is C21H30N4O2. The minimum atomic E-state index is -0.605. The first-order valence-corrected chi connectivity index (χ1v) is 10.0. The highest BCUT2D eigenvalue weighted by molar-refractivity contribution is 5.67. The molecule has 6 nitrogen and oxygen atoms in total. The van der Waals surface area contributed by atoms with Crippen molar-refractivity contribution in [3.05, 3.63) is 30.0 Å². The highest BCUT2D eigenvalue weighted by Gasteiger charge is 2.37. The number of rotatable bonds is 5. The molecule has 6 heteroatoms. The molecule has 1 N–H and O–H groups in total. The van der Waals surface area contributed by atoms with Gasteiger partial charge in [0.2, 0.25) is 0 Å². The van der Waals surface area contributed by atoms with E-state index >= 15 is 0 Å². The van der Waals surface area contributed by atoms with Gasteiger partial charge in [-0.15, -0.1) is 5.10 Å². The van der Waals surface area contributed by atoms with Gasteiger partial charge < -0.3 is 14.7 Å². The van der Waals surface area contributed by atoms with Gasteiger partial charge in [0.1, 0.15) is 5.69 Å². The van der Waals surface area contributed by atoms with E-state index in [1.807, 2.05) is 24.7 Å². The molecule has 1 atom stereocenters. The molecule has 0 radical (unpaired) electrons. The average molecular weight is 370 g/mol. The largest absolute Gasteiger partial charge is 0.390 e. The molecule has 2 fully saturated rings. The predicted molar refractivity (Wildman–Crippen MR) is 106 cm³/mol. The van der Waals surface area contributed by atoms with Crippen molar-refractivity contribution in [2.75, 3.05) is 24.6 Å². The molecule has 146 valence electrons. The molecule has 2 aliphatic rings. The van der Waals surface area contributed by atoms with Crippen LogP contribution in [0.15, 0.2) is 24.4 Å². The number of nitrogens with zero attached hydrogens (tertiary/aromatic N) is 4. The highest BCUT2D eigenvalue weighted by atomic mass is 16.5. The van der Waals surface area contributed by atoms with Crippen molar-refractivity contribution in [3.8, 4) is 11.3 Å². The third-order valence-corrected chi connectivity index (χ3v) is 5.94. The third kappa shape index (κ3) is 4.01. The average Bonchev–Trinajstić information content (AvgIpc) is 3.01. The van der Waals surface area contributed by atoms with Crippen LogP contribution in [0.1, 0.15) is 38.7 Å². The molecule has 2 aromatic rings. The first-order valence-electron chi connectivity index (χ1n) is 10.0. The first-order chi connectivity index (χ1) is 12.9. The Balaban J connectivity index is 1.42. The zero-order valence-corrected chi connectivity index (χ0v) is 16.6. The van der Waals surface area contributed by atoms with Crippen LogP contribution in [0.5, 0.6) is 0 Å². The molecule has 0 bridgehead atoms. The minimum absolute atomic E-state index is 0.256. The molecular weight excluding hydrogens is 340 g/mol. The summed E-state index contributed by atoms with van der Waals surface area (Å²) >= 11 is 0. The van der Waals surface area contributed by atoms with E-state index in [0.29, 0.717) is 5.92 Å². The molecule has 0 amide bonds. The van der Waals surface area contributed by atoms with E-state index in [9.17, 15) is 5.11 Å². The quantitative estimate of drug-likeness (QED) is 0.876. The normalized spacial score (nSPS) is 21.3. The van der Waals surface area contributed by atoms with Gasteiger partial charge in [0.15, 0.2) is 0 Å². The van der Waals surface area contributed by atoms with E-state index in [-0.39, 0.29) is 6.10 Å². The molecule has 1 aromatic carbocycles. The molecule has 1 unspecified atom stereocenters. The number of hydrogen-bond donors (Lipinski definition) is 1. The van der Waals surface area contributed by atoms with Crippen LogP contribution >= 0.6 is 0 Å². The van der Waals surface area contributed by atoms with Crippen LogP contribution < -0.4 is 4.90 Å². The summed E-state index contributed by atoms with van der Waals surface area (Å²) < 4.78 is 7.71. The summed E-state index contributed by atoms with van der Waals surface area (Å²) in [5.74, 6) is 0.333. The second-order valence-corrected chi connectivity index (χ2v) is 8.57. The maximum atomic E-state index is 10.1. The van der Waals surface area contributed by atoms with Crippen molar-refractivity contribution in [2.24, 2.45) is 5.92 Å². The molecule has 3 heterocycles. The zero-order valence-electron chi connectivity index (χ0n) is 16.6. The second-order valence-electron chi connectivity index (χ2n) is 8.57. The summed E-state index contributed by atoms with van der Waals surface area (Å²) in [4.78, 5) is 2.32. The first kappa shape index (κ1) is 18.4. The molecule has 27 heavy (non-hydrogen) atoms. The summed E-state index contributed by atoms with van der Waals surface area (Å²) in [6, 6.07) is 6.49. The van der Waals surface area contributed by atoms with Crippen molar-refractivity contribution < 1.29 is 9.84 Å². The number of aryl methyl sites for hydroxylation is 1. The maximum absolute atomic E-state index is 10.1.